The fourth-order valence-electron chi connectivity index (χ4n) is 2.94. The lowest BCUT2D eigenvalue weighted by atomic mass is 10.2. The molecule has 3 rings (SSSR count). The van der Waals surface area contributed by atoms with Gasteiger partial charge in [0, 0.05) is 30.7 Å². The molecule has 24 heavy (non-hydrogen) atoms. The van der Waals surface area contributed by atoms with E-state index in [-0.39, 0.29) is 6.04 Å². The third kappa shape index (κ3) is 3.75. The number of sulfonamides is 1. The van der Waals surface area contributed by atoms with E-state index >= 15 is 0 Å². The Hall–Kier alpha value is -1.55. The maximum atomic E-state index is 11.7. The fourth-order valence-corrected chi connectivity index (χ4v) is 4.20. The Kier molecular flexibility index (Phi) is 4.86. The minimum atomic E-state index is -3.17. The van der Waals surface area contributed by atoms with Crippen molar-refractivity contribution < 1.29 is 8.42 Å². The van der Waals surface area contributed by atoms with Crippen LogP contribution in [0.5, 0.6) is 0 Å². The molecule has 1 saturated heterocycles. The molecule has 0 aliphatic carbocycles. The van der Waals surface area contributed by atoms with Crippen molar-refractivity contribution in [2.24, 2.45) is 0 Å². The summed E-state index contributed by atoms with van der Waals surface area (Å²) in [6.45, 7) is 4.22. The van der Waals surface area contributed by atoms with Crippen LogP contribution in [0.1, 0.15) is 12.7 Å². The molecule has 1 aliphatic heterocycles. The Labute approximate surface area is 146 Å². The van der Waals surface area contributed by atoms with Crippen LogP contribution in [-0.4, -0.2) is 69.8 Å². The maximum Gasteiger partial charge on any atom is 0.211 e. The standard InChI is InChI=1S/C14H19ClN6O2S/c1-11-9-19(7-8-20(11)24(2,22)23)10-14-16-17-18-21(14)13-5-3-12(15)4-6-13/h3-6,11H,7-10H2,1-2H3/t11-/m0/s1. The van der Waals surface area contributed by atoms with E-state index in [4.69, 9.17) is 11.6 Å². The first-order valence-electron chi connectivity index (χ1n) is 7.57. The Morgan fingerprint density at radius 3 is 2.58 bits per heavy atom. The number of rotatable bonds is 4. The summed E-state index contributed by atoms with van der Waals surface area (Å²) >= 11 is 5.91. The summed E-state index contributed by atoms with van der Waals surface area (Å²) in [4.78, 5) is 2.16. The topological polar surface area (TPSA) is 84.2 Å². The third-order valence-electron chi connectivity index (χ3n) is 4.05. The van der Waals surface area contributed by atoms with Gasteiger partial charge in [0.05, 0.1) is 18.5 Å². The molecule has 130 valence electrons. The minimum Gasteiger partial charge on any atom is -0.293 e. The first-order chi connectivity index (χ1) is 11.3. The monoisotopic (exact) mass is 370 g/mol. The molecule has 1 aromatic heterocycles. The van der Waals surface area contributed by atoms with E-state index in [1.54, 1.807) is 16.8 Å². The summed E-state index contributed by atoms with van der Waals surface area (Å²) in [7, 11) is -3.17. The SMILES string of the molecule is C[C@H]1CN(Cc2nnnn2-c2ccc(Cl)cc2)CCN1S(C)(=O)=O. The molecular formula is C14H19ClN6O2S. The zero-order chi connectivity index (χ0) is 17.3. The van der Waals surface area contributed by atoms with Crippen LogP contribution in [-0.2, 0) is 16.6 Å². The second kappa shape index (κ2) is 6.75. The zero-order valence-electron chi connectivity index (χ0n) is 13.5. The van der Waals surface area contributed by atoms with Gasteiger partial charge in [0.2, 0.25) is 10.0 Å². The highest BCUT2D eigenvalue weighted by Crippen LogP contribution is 2.17. The lowest BCUT2D eigenvalue weighted by Gasteiger charge is -2.37. The zero-order valence-corrected chi connectivity index (χ0v) is 15.1. The number of tetrazole rings is 1. The van der Waals surface area contributed by atoms with Gasteiger partial charge in [-0.2, -0.15) is 8.99 Å². The van der Waals surface area contributed by atoms with E-state index in [1.807, 2.05) is 19.1 Å². The maximum absolute atomic E-state index is 11.7. The molecular weight excluding hydrogens is 352 g/mol. The molecule has 0 amide bonds. The normalized spacial score (nSPS) is 20.4. The Balaban J connectivity index is 1.72. The Bertz CT molecular complexity index is 807. The van der Waals surface area contributed by atoms with Crippen LogP contribution < -0.4 is 0 Å². The molecule has 0 saturated carbocycles. The van der Waals surface area contributed by atoms with Gasteiger partial charge in [0.15, 0.2) is 5.82 Å². The third-order valence-corrected chi connectivity index (χ3v) is 5.69. The molecule has 1 aromatic carbocycles. The van der Waals surface area contributed by atoms with Gasteiger partial charge >= 0.3 is 0 Å². The number of halogens is 1. The second-order valence-corrected chi connectivity index (χ2v) is 8.31. The van der Waals surface area contributed by atoms with Crippen molar-refractivity contribution in [1.29, 1.82) is 0 Å². The van der Waals surface area contributed by atoms with Crippen molar-refractivity contribution in [1.82, 2.24) is 29.4 Å². The number of hydrogen-bond donors (Lipinski definition) is 0. The van der Waals surface area contributed by atoms with E-state index < -0.39 is 10.0 Å². The largest absolute Gasteiger partial charge is 0.293 e. The second-order valence-electron chi connectivity index (χ2n) is 5.94. The summed E-state index contributed by atoms with van der Waals surface area (Å²) in [6.07, 6.45) is 1.25. The number of piperazine rings is 1. The highest BCUT2D eigenvalue weighted by molar-refractivity contribution is 7.88. The molecule has 0 radical (unpaired) electrons. The molecule has 2 heterocycles. The molecule has 1 fully saturated rings. The van der Waals surface area contributed by atoms with Crippen molar-refractivity contribution in [2.45, 2.75) is 19.5 Å². The van der Waals surface area contributed by atoms with Crippen LogP contribution in [0.3, 0.4) is 0 Å². The molecule has 2 aromatic rings. The summed E-state index contributed by atoms with van der Waals surface area (Å²) in [5.41, 5.74) is 0.835. The van der Waals surface area contributed by atoms with Crippen molar-refractivity contribution >= 4 is 21.6 Å². The van der Waals surface area contributed by atoms with Gasteiger partial charge in [0.25, 0.3) is 0 Å². The number of nitrogens with zero attached hydrogens (tertiary/aromatic N) is 6. The Morgan fingerprint density at radius 2 is 1.96 bits per heavy atom. The van der Waals surface area contributed by atoms with E-state index in [2.05, 4.69) is 20.4 Å². The summed E-state index contributed by atoms with van der Waals surface area (Å²) in [6, 6.07) is 7.21. The van der Waals surface area contributed by atoms with Crippen molar-refractivity contribution in [3.8, 4) is 5.69 Å². The molecule has 0 bridgehead atoms. The van der Waals surface area contributed by atoms with Crippen molar-refractivity contribution in [2.75, 3.05) is 25.9 Å². The average Bonchev–Trinajstić information content (AvgIpc) is 2.95. The van der Waals surface area contributed by atoms with Gasteiger partial charge in [-0.1, -0.05) is 11.6 Å². The van der Waals surface area contributed by atoms with Crippen LogP contribution in [0, 0.1) is 0 Å². The van der Waals surface area contributed by atoms with Gasteiger partial charge in [-0.3, -0.25) is 4.90 Å². The first kappa shape index (κ1) is 17.3. The van der Waals surface area contributed by atoms with Gasteiger partial charge in [-0.15, -0.1) is 5.10 Å². The molecule has 0 spiro atoms. The molecule has 8 nitrogen and oxygen atoms in total. The lowest BCUT2D eigenvalue weighted by Crippen LogP contribution is -2.53. The molecule has 10 heteroatoms. The van der Waals surface area contributed by atoms with E-state index in [1.165, 1.54) is 10.6 Å². The van der Waals surface area contributed by atoms with Crippen molar-refractivity contribution in [3.05, 3.63) is 35.1 Å². The smallest absolute Gasteiger partial charge is 0.211 e. The highest BCUT2D eigenvalue weighted by atomic mass is 35.5. The summed E-state index contributed by atoms with van der Waals surface area (Å²) < 4.78 is 26.7. The highest BCUT2D eigenvalue weighted by Gasteiger charge is 2.30. The van der Waals surface area contributed by atoms with E-state index in [0.717, 1.165) is 5.69 Å². The van der Waals surface area contributed by atoms with Gasteiger partial charge in [-0.25, -0.2) is 8.42 Å². The van der Waals surface area contributed by atoms with Crippen LogP contribution in [0.2, 0.25) is 5.02 Å². The molecule has 1 atom stereocenters. The van der Waals surface area contributed by atoms with Gasteiger partial charge in [0.1, 0.15) is 0 Å². The fraction of sp³-hybridized carbons (Fsp3) is 0.500. The van der Waals surface area contributed by atoms with E-state index in [0.29, 0.717) is 37.0 Å². The molecule has 0 N–H and O–H groups in total. The van der Waals surface area contributed by atoms with Gasteiger partial charge < -0.3 is 0 Å². The van der Waals surface area contributed by atoms with Crippen LogP contribution >= 0.6 is 11.6 Å². The first-order valence-corrected chi connectivity index (χ1v) is 9.79. The van der Waals surface area contributed by atoms with Crippen LogP contribution in [0.15, 0.2) is 24.3 Å². The van der Waals surface area contributed by atoms with Crippen LogP contribution in [0.25, 0.3) is 5.69 Å². The summed E-state index contributed by atoms with van der Waals surface area (Å²) in [5, 5.41) is 12.5. The quantitative estimate of drug-likeness (QED) is 0.790. The molecule has 1 aliphatic rings. The van der Waals surface area contributed by atoms with Gasteiger partial charge in [-0.05, 0) is 41.6 Å². The Morgan fingerprint density at radius 1 is 1.25 bits per heavy atom. The number of benzene rings is 1. The average molecular weight is 371 g/mol. The lowest BCUT2D eigenvalue weighted by molar-refractivity contribution is 0.135. The number of hydrogen-bond acceptors (Lipinski definition) is 6. The van der Waals surface area contributed by atoms with E-state index in [9.17, 15) is 8.42 Å². The summed E-state index contributed by atoms with van der Waals surface area (Å²) in [5.74, 6) is 0.706. The minimum absolute atomic E-state index is 0.0754. The predicted molar refractivity (Wildman–Crippen MR) is 90.5 cm³/mol. The van der Waals surface area contributed by atoms with Crippen molar-refractivity contribution in [3.63, 3.8) is 0 Å². The predicted octanol–water partition coefficient (Wildman–Crippen LogP) is 0.781. The van der Waals surface area contributed by atoms with Crippen LogP contribution in [0.4, 0.5) is 0 Å². The molecule has 0 unspecified atom stereocenters. The number of aromatic nitrogens is 4.